The lowest BCUT2D eigenvalue weighted by molar-refractivity contribution is -0.167. The second-order valence-corrected chi connectivity index (χ2v) is 21.5. The standard InChI is InChI=1S/C64H36F4O12S2/c65-38-23-41-43(53(69)55(71)49(41)46(67)25-38)21-37-22-45-51(63(37,59(73)77-29-33-13-5-1-6-14-33)60(74)78-30-34-15-7-2-8-16-34)58-52(57-48(82-58)28-40(81-57)27-44-42-24-39(66)26-47(68)50(42)56(72)54(44)70)64(45,61(75)79-31-35-17-9-3-10-18-35)62(76)80-32-36-19-11-4-12-20-36/h1-28H,29-32H2/b43-21-,44-27-. The van der Waals surface area contributed by atoms with E-state index in [1.54, 1.807) is 121 Å². The summed E-state index contributed by atoms with van der Waals surface area (Å²) in [5.74, 6) is -15.3. The van der Waals surface area contributed by atoms with Gasteiger partial charge in [-0.25, -0.2) is 17.6 Å². The van der Waals surface area contributed by atoms with Gasteiger partial charge in [0.05, 0.1) is 15.8 Å². The number of hydrogen-bond acceptors (Lipinski definition) is 14. The summed E-state index contributed by atoms with van der Waals surface area (Å²) < 4.78 is 85.6. The summed E-state index contributed by atoms with van der Waals surface area (Å²) in [5.41, 5.74) is -8.90. The van der Waals surface area contributed by atoms with Crippen molar-refractivity contribution in [3.8, 4) is 0 Å². The molecular weight excluding hydrogens is 1100 g/mol. The van der Waals surface area contributed by atoms with E-state index in [9.17, 15) is 23.6 Å². The first-order valence-electron chi connectivity index (χ1n) is 25.1. The van der Waals surface area contributed by atoms with Crippen molar-refractivity contribution in [2.45, 2.75) is 31.8 Å². The molecular formula is C64H36F4O12S2. The maximum absolute atomic E-state index is 16.0. The quantitative estimate of drug-likeness (QED) is 0.0252. The second kappa shape index (κ2) is 20.7. The molecule has 0 aliphatic heterocycles. The molecule has 0 amide bonds. The zero-order valence-electron chi connectivity index (χ0n) is 42.2. The molecule has 12 nitrogen and oxygen atoms in total. The van der Waals surface area contributed by atoms with Gasteiger partial charge in [0.1, 0.15) is 49.7 Å². The molecule has 8 aromatic rings. The number of hydrogen-bond donors (Lipinski definition) is 0. The molecule has 0 atom stereocenters. The Balaban J connectivity index is 1.15. The van der Waals surface area contributed by atoms with Gasteiger partial charge in [0.15, 0.2) is 0 Å². The maximum atomic E-state index is 16.0. The van der Waals surface area contributed by atoms with E-state index in [2.05, 4.69) is 0 Å². The molecule has 0 bridgehead atoms. The highest BCUT2D eigenvalue weighted by Gasteiger charge is 2.70. The molecule has 4 aliphatic carbocycles. The Bertz CT molecular complexity index is 4140. The Hall–Kier alpha value is -9.78. The summed E-state index contributed by atoms with van der Waals surface area (Å²) in [5, 5.41) is 0. The van der Waals surface area contributed by atoms with Gasteiger partial charge in [-0.3, -0.25) is 38.4 Å². The number of allylic oxidation sites excluding steroid dienone is 4. The SMILES string of the molecule is O=C1C(=O)c2c(F)cc(F)cc2/C1=C/C1=CC2=C(c3sc4cc(/C=C5\C(=O)C(=O)c6c(F)cc(F)cc65)sc4c3C2(C(=O)OCc2ccccc2)C(=O)OCc2ccccc2)C1(C(=O)OCc1ccccc1)C(=O)OCc1ccccc1. The average Bonchev–Trinajstić information content (AvgIpc) is 2.33. The number of ketones is 4. The molecule has 6 aromatic carbocycles. The van der Waals surface area contributed by atoms with E-state index in [4.69, 9.17) is 18.9 Å². The highest BCUT2D eigenvalue weighted by Crippen LogP contribution is 2.66. The van der Waals surface area contributed by atoms with Crippen LogP contribution in [0.4, 0.5) is 17.6 Å². The first-order valence-corrected chi connectivity index (χ1v) is 26.7. The van der Waals surface area contributed by atoms with Crippen LogP contribution in [0.2, 0.25) is 0 Å². The van der Waals surface area contributed by atoms with Crippen molar-refractivity contribution in [2.24, 2.45) is 5.41 Å². The molecule has 404 valence electrons. The number of ether oxygens (including phenoxy) is 4. The molecule has 12 rings (SSSR count). The van der Waals surface area contributed by atoms with E-state index < -0.39 is 141 Å². The van der Waals surface area contributed by atoms with Gasteiger partial charge in [-0.1, -0.05) is 127 Å². The number of fused-ring (bicyclic) bond motifs is 6. The second-order valence-electron chi connectivity index (χ2n) is 19.3. The Labute approximate surface area is 469 Å². The molecule has 2 heterocycles. The summed E-state index contributed by atoms with van der Waals surface area (Å²) >= 11 is 1.71. The molecule has 4 aliphatic rings. The fourth-order valence-electron chi connectivity index (χ4n) is 10.7. The molecule has 0 spiro atoms. The fourth-order valence-corrected chi connectivity index (χ4v) is 13.6. The fraction of sp³-hybridized carbons (Fsp3) is 0.0938. The van der Waals surface area contributed by atoms with Crippen molar-refractivity contribution < 1.29 is 74.9 Å². The van der Waals surface area contributed by atoms with Crippen LogP contribution in [0.5, 0.6) is 0 Å². The Kier molecular flexibility index (Phi) is 13.4. The van der Waals surface area contributed by atoms with Crippen LogP contribution in [0.25, 0.3) is 32.2 Å². The van der Waals surface area contributed by atoms with Gasteiger partial charge in [0.2, 0.25) is 34.0 Å². The van der Waals surface area contributed by atoms with Crippen LogP contribution in [0.15, 0.2) is 175 Å². The van der Waals surface area contributed by atoms with Crippen LogP contribution in [-0.2, 0) is 79.6 Å². The number of carbonyl (C=O) groups is 8. The van der Waals surface area contributed by atoms with Crippen molar-refractivity contribution in [1.29, 1.82) is 0 Å². The summed E-state index contributed by atoms with van der Waals surface area (Å²) in [6.07, 6.45) is 3.25. The van der Waals surface area contributed by atoms with Gasteiger partial charge in [-0.05, 0) is 63.8 Å². The number of Topliss-reactive ketones (excluding diaryl/α,β-unsaturated/α-hetero) is 4. The van der Waals surface area contributed by atoms with Crippen LogP contribution in [0.3, 0.4) is 0 Å². The molecule has 0 saturated heterocycles. The number of carbonyl (C=O) groups excluding carboxylic acids is 8. The summed E-state index contributed by atoms with van der Waals surface area (Å²) in [6.45, 7) is -1.92. The lowest BCUT2D eigenvalue weighted by atomic mass is 9.75. The van der Waals surface area contributed by atoms with Crippen LogP contribution in [0.1, 0.15) is 69.4 Å². The van der Waals surface area contributed by atoms with E-state index >= 15 is 32.3 Å². The largest absolute Gasteiger partial charge is 0.459 e. The van der Waals surface area contributed by atoms with Crippen LogP contribution >= 0.6 is 22.7 Å². The number of halogens is 4. The normalized spacial score (nSPS) is 16.3. The van der Waals surface area contributed by atoms with Crippen LogP contribution in [-0.4, -0.2) is 47.0 Å². The number of thiophene rings is 2. The molecule has 0 fully saturated rings. The average molecular weight is 1140 g/mol. The minimum absolute atomic E-state index is 0.0883. The van der Waals surface area contributed by atoms with Gasteiger partial charge < -0.3 is 18.9 Å². The number of benzene rings is 6. The van der Waals surface area contributed by atoms with E-state index in [0.717, 1.165) is 47.0 Å². The van der Waals surface area contributed by atoms with Gasteiger partial charge in [0, 0.05) is 60.0 Å². The number of rotatable bonds is 14. The molecule has 0 radical (unpaired) electrons. The van der Waals surface area contributed by atoms with E-state index in [1.807, 2.05) is 0 Å². The molecule has 18 heteroatoms. The first kappa shape index (κ1) is 52.9. The van der Waals surface area contributed by atoms with Gasteiger partial charge in [-0.15, -0.1) is 22.7 Å². The van der Waals surface area contributed by atoms with E-state index in [1.165, 1.54) is 12.1 Å². The molecule has 2 aromatic heterocycles. The van der Waals surface area contributed by atoms with Crippen molar-refractivity contribution in [2.75, 3.05) is 0 Å². The van der Waals surface area contributed by atoms with E-state index in [-0.39, 0.29) is 41.4 Å². The smallest absolute Gasteiger partial charge is 0.333 e. The highest BCUT2D eigenvalue weighted by molar-refractivity contribution is 7.29. The maximum Gasteiger partial charge on any atom is 0.333 e. The van der Waals surface area contributed by atoms with Crippen molar-refractivity contribution in [1.82, 2.24) is 0 Å². The Morgan fingerprint density at radius 3 is 1.27 bits per heavy atom. The zero-order valence-corrected chi connectivity index (χ0v) is 43.9. The third-order valence-electron chi connectivity index (χ3n) is 14.5. The summed E-state index contributed by atoms with van der Waals surface area (Å²) in [4.78, 5) is 119. The molecule has 0 N–H and O–H groups in total. The molecule has 82 heavy (non-hydrogen) atoms. The zero-order chi connectivity index (χ0) is 57.2. The van der Waals surface area contributed by atoms with Gasteiger partial charge in [0.25, 0.3) is 0 Å². The lowest BCUT2D eigenvalue weighted by Gasteiger charge is -2.30. The van der Waals surface area contributed by atoms with Gasteiger partial charge in [-0.2, -0.15) is 0 Å². The lowest BCUT2D eigenvalue weighted by Crippen LogP contribution is -2.46. The third-order valence-corrected chi connectivity index (χ3v) is 16.9. The van der Waals surface area contributed by atoms with Crippen LogP contribution < -0.4 is 0 Å². The molecule has 0 saturated carbocycles. The molecule has 0 unspecified atom stereocenters. The van der Waals surface area contributed by atoms with Crippen molar-refractivity contribution >= 4 is 102 Å². The first-order chi connectivity index (χ1) is 39.6. The van der Waals surface area contributed by atoms with Crippen LogP contribution in [0, 0.1) is 28.7 Å². The highest BCUT2D eigenvalue weighted by atomic mass is 32.1. The third kappa shape index (κ3) is 8.56. The van der Waals surface area contributed by atoms with Crippen molar-refractivity contribution in [3.05, 3.63) is 258 Å². The predicted octanol–water partition coefficient (Wildman–Crippen LogP) is 11.6. The van der Waals surface area contributed by atoms with Gasteiger partial charge >= 0.3 is 23.9 Å². The Morgan fingerprint density at radius 1 is 0.463 bits per heavy atom. The summed E-state index contributed by atoms with van der Waals surface area (Å²) in [7, 11) is 0. The minimum atomic E-state index is -2.99. The monoisotopic (exact) mass is 1140 g/mol. The van der Waals surface area contributed by atoms with E-state index in [0.29, 0.717) is 34.4 Å². The predicted molar refractivity (Wildman–Crippen MR) is 291 cm³/mol. The van der Waals surface area contributed by atoms with Crippen molar-refractivity contribution in [3.63, 3.8) is 0 Å². The number of esters is 4. The summed E-state index contributed by atoms with van der Waals surface area (Å²) in [6, 6.07) is 37.2. The topological polar surface area (TPSA) is 173 Å². The minimum Gasteiger partial charge on any atom is -0.459 e. The Morgan fingerprint density at radius 2 is 0.854 bits per heavy atom.